The molecule has 0 radical (unpaired) electrons. The van der Waals surface area contributed by atoms with Gasteiger partial charge in [-0.3, -0.25) is 4.40 Å². The van der Waals surface area contributed by atoms with E-state index in [-0.39, 0.29) is 6.04 Å². The van der Waals surface area contributed by atoms with Crippen LogP contribution in [-0.4, -0.2) is 15.4 Å². The van der Waals surface area contributed by atoms with Crippen molar-refractivity contribution in [2.24, 2.45) is 11.1 Å². The minimum atomic E-state index is 0.289. The molecule has 2 aromatic heterocycles. The minimum Gasteiger partial charge on any atom is -0.327 e. The third kappa shape index (κ3) is 1.48. The van der Waals surface area contributed by atoms with Gasteiger partial charge in [-0.2, -0.15) is 0 Å². The monoisotopic (exact) mass is 221 g/mol. The van der Waals surface area contributed by atoms with E-state index in [2.05, 4.69) is 34.1 Å². The predicted octanol–water partition coefficient (Wildman–Crippen LogP) is 2.07. The molecular formula is C11H15N3S. The van der Waals surface area contributed by atoms with Crippen molar-refractivity contribution in [3.8, 4) is 0 Å². The summed E-state index contributed by atoms with van der Waals surface area (Å²) in [7, 11) is 0. The Balaban J connectivity index is 1.86. The number of fused-ring (bicyclic) bond motifs is 1. The van der Waals surface area contributed by atoms with Crippen molar-refractivity contribution in [3.63, 3.8) is 0 Å². The number of nitrogens with two attached hydrogens (primary N) is 1. The van der Waals surface area contributed by atoms with Gasteiger partial charge in [0.1, 0.15) is 0 Å². The van der Waals surface area contributed by atoms with Crippen LogP contribution < -0.4 is 5.73 Å². The molecule has 1 aliphatic carbocycles. The van der Waals surface area contributed by atoms with E-state index >= 15 is 0 Å². The second-order valence-electron chi connectivity index (χ2n) is 4.65. The maximum absolute atomic E-state index is 6.02. The van der Waals surface area contributed by atoms with E-state index in [1.807, 2.05) is 0 Å². The Morgan fingerprint density at radius 1 is 1.67 bits per heavy atom. The molecule has 1 fully saturated rings. The molecule has 0 saturated heterocycles. The summed E-state index contributed by atoms with van der Waals surface area (Å²) in [6.45, 7) is 2.12. The van der Waals surface area contributed by atoms with Gasteiger partial charge in [0.05, 0.1) is 5.69 Å². The smallest absolute Gasteiger partial charge is 0.193 e. The lowest BCUT2D eigenvalue weighted by atomic mass is 9.93. The van der Waals surface area contributed by atoms with E-state index in [0.717, 1.165) is 11.4 Å². The Morgan fingerprint density at radius 3 is 3.07 bits per heavy atom. The van der Waals surface area contributed by atoms with E-state index in [0.29, 0.717) is 5.41 Å². The van der Waals surface area contributed by atoms with Gasteiger partial charge in [0, 0.05) is 23.8 Å². The highest BCUT2D eigenvalue weighted by Crippen LogP contribution is 2.50. The van der Waals surface area contributed by atoms with Gasteiger partial charge >= 0.3 is 0 Å². The summed E-state index contributed by atoms with van der Waals surface area (Å²) in [6, 6.07) is 0.289. The molecule has 1 atom stereocenters. The highest BCUT2D eigenvalue weighted by atomic mass is 32.1. The van der Waals surface area contributed by atoms with Crippen molar-refractivity contribution < 1.29 is 0 Å². The summed E-state index contributed by atoms with van der Waals surface area (Å²) in [4.78, 5) is 5.69. The van der Waals surface area contributed by atoms with Crippen LogP contribution >= 0.6 is 11.3 Å². The minimum absolute atomic E-state index is 0.289. The molecule has 0 bridgehead atoms. The first kappa shape index (κ1) is 9.36. The fourth-order valence-electron chi connectivity index (χ4n) is 2.18. The van der Waals surface area contributed by atoms with Crippen LogP contribution in [-0.2, 0) is 6.42 Å². The molecule has 2 N–H and O–H groups in total. The molecule has 0 aliphatic heterocycles. The zero-order chi connectivity index (χ0) is 10.5. The average Bonchev–Trinajstić information content (AvgIpc) is 2.64. The van der Waals surface area contributed by atoms with E-state index in [9.17, 15) is 0 Å². The summed E-state index contributed by atoms with van der Waals surface area (Å²) in [5.74, 6) is 0. The normalized spacial score (nSPS) is 20.7. The Bertz CT molecular complexity index is 450. The average molecular weight is 221 g/mol. The number of aromatic nitrogens is 2. The molecule has 2 heterocycles. The zero-order valence-electron chi connectivity index (χ0n) is 8.81. The van der Waals surface area contributed by atoms with Gasteiger partial charge in [0.25, 0.3) is 0 Å². The van der Waals surface area contributed by atoms with Crippen molar-refractivity contribution in [2.75, 3.05) is 0 Å². The van der Waals surface area contributed by atoms with E-state index < -0.39 is 0 Å². The number of hydrogen-bond donors (Lipinski definition) is 1. The van der Waals surface area contributed by atoms with Crippen LogP contribution in [0, 0.1) is 5.41 Å². The van der Waals surface area contributed by atoms with Crippen LogP contribution in [0.4, 0.5) is 0 Å². The standard InChI is InChI=1S/C11H15N3S/c1-8(12)11(2-3-11)6-9-7-14-4-5-15-10(14)13-9/h4-5,7-8H,2-3,6,12H2,1H3. The van der Waals surface area contributed by atoms with Crippen LogP contribution in [0.15, 0.2) is 17.8 Å². The van der Waals surface area contributed by atoms with Crippen molar-refractivity contribution in [1.82, 2.24) is 9.38 Å². The van der Waals surface area contributed by atoms with Gasteiger partial charge in [-0.25, -0.2) is 4.98 Å². The molecule has 15 heavy (non-hydrogen) atoms. The molecule has 4 heteroatoms. The lowest BCUT2D eigenvalue weighted by molar-refractivity contribution is 0.415. The Labute approximate surface area is 92.9 Å². The summed E-state index contributed by atoms with van der Waals surface area (Å²) in [6.07, 6.45) is 7.75. The van der Waals surface area contributed by atoms with Crippen molar-refractivity contribution >= 4 is 16.3 Å². The first-order valence-electron chi connectivity index (χ1n) is 5.36. The van der Waals surface area contributed by atoms with Crippen LogP contribution in [0.1, 0.15) is 25.5 Å². The molecule has 3 rings (SSSR count). The molecule has 0 aromatic carbocycles. The largest absolute Gasteiger partial charge is 0.327 e. The molecule has 1 unspecified atom stereocenters. The van der Waals surface area contributed by atoms with Crippen LogP contribution in [0.25, 0.3) is 4.96 Å². The Kier molecular flexibility index (Phi) is 1.91. The number of imidazole rings is 1. The quantitative estimate of drug-likeness (QED) is 0.862. The van der Waals surface area contributed by atoms with E-state index in [1.54, 1.807) is 11.3 Å². The highest BCUT2D eigenvalue weighted by molar-refractivity contribution is 7.15. The SMILES string of the molecule is CC(N)C1(Cc2cn3ccsc3n2)CC1. The fraction of sp³-hybridized carbons (Fsp3) is 0.545. The van der Waals surface area contributed by atoms with Gasteiger partial charge in [-0.15, -0.1) is 11.3 Å². The number of thiazole rings is 1. The third-order valence-corrected chi connectivity index (χ3v) is 4.31. The van der Waals surface area contributed by atoms with Crippen LogP contribution in [0.3, 0.4) is 0 Å². The zero-order valence-corrected chi connectivity index (χ0v) is 9.63. The van der Waals surface area contributed by atoms with E-state index in [1.165, 1.54) is 18.5 Å². The Hall–Kier alpha value is -0.870. The second-order valence-corrected chi connectivity index (χ2v) is 5.53. The fourth-order valence-corrected chi connectivity index (χ4v) is 2.89. The van der Waals surface area contributed by atoms with Gasteiger partial charge in [0.2, 0.25) is 0 Å². The van der Waals surface area contributed by atoms with Crippen molar-refractivity contribution in [2.45, 2.75) is 32.2 Å². The maximum Gasteiger partial charge on any atom is 0.193 e. The van der Waals surface area contributed by atoms with Gasteiger partial charge in [0.15, 0.2) is 4.96 Å². The highest BCUT2D eigenvalue weighted by Gasteiger charge is 2.46. The summed E-state index contributed by atoms with van der Waals surface area (Å²) < 4.78 is 2.09. The molecule has 1 aliphatic rings. The first-order valence-corrected chi connectivity index (χ1v) is 6.24. The predicted molar refractivity (Wildman–Crippen MR) is 62.1 cm³/mol. The summed E-state index contributed by atoms with van der Waals surface area (Å²) in [5, 5.41) is 2.06. The molecule has 1 saturated carbocycles. The lowest BCUT2D eigenvalue weighted by Gasteiger charge is -2.17. The molecule has 0 spiro atoms. The van der Waals surface area contributed by atoms with Gasteiger partial charge in [-0.1, -0.05) is 0 Å². The number of nitrogens with zero attached hydrogens (tertiary/aromatic N) is 2. The topological polar surface area (TPSA) is 43.3 Å². The van der Waals surface area contributed by atoms with Crippen molar-refractivity contribution in [1.29, 1.82) is 0 Å². The van der Waals surface area contributed by atoms with Crippen molar-refractivity contribution in [3.05, 3.63) is 23.5 Å². The van der Waals surface area contributed by atoms with E-state index in [4.69, 9.17) is 5.73 Å². The van der Waals surface area contributed by atoms with Gasteiger partial charge in [-0.05, 0) is 31.6 Å². The first-order chi connectivity index (χ1) is 7.20. The number of rotatable bonds is 3. The summed E-state index contributed by atoms with van der Waals surface area (Å²) >= 11 is 1.68. The molecule has 3 nitrogen and oxygen atoms in total. The van der Waals surface area contributed by atoms with Crippen LogP contribution in [0.5, 0.6) is 0 Å². The summed E-state index contributed by atoms with van der Waals surface area (Å²) in [5.41, 5.74) is 7.56. The third-order valence-electron chi connectivity index (χ3n) is 3.53. The molecule has 2 aromatic rings. The second kappa shape index (κ2) is 3.06. The molecular weight excluding hydrogens is 206 g/mol. The maximum atomic E-state index is 6.02. The molecule has 0 amide bonds. The number of hydrogen-bond acceptors (Lipinski definition) is 3. The van der Waals surface area contributed by atoms with Crippen LogP contribution in [0.2, 0.25) is 0 Å². The molecule has 80 valence electrons. The Morgan fingerprint density at radius 2 is 2.47 bits per heavy atom. The lowest BCUT2D eigenvalue weighted by Crippen LogP contribution is -2.29. The van der Waals surface area contributed by atoms with Gasteiger partial charge < -0.3 is 5.73 Å².